The minimum Gasteiger partial charge on any atom is -0.505 e. The molecule has 11 nitrogen and oxygen atoms in total. The number of unbranched alkanes of at least 4 members (excludes halogenated alkanes) is 3. The first-order valence-corrected chi connectivity index (χ1v) is 13.9. The molecule has 2 rings (SSSR count). The summed E-state index contributed by atoms with van der Waals surface area (Å²) in [5.41, 5.74) is -0.193. The molecule has 0 unspecified atom stereocenters. The Morgan fingerprint density at radius 1 is 1.02 bits per heavy atom. The van der Waals surface area contributed by atoms with Gasteiger partial charge in [0.1, 0.15) is 12.2 Å². The molecular weight excluding hydrogens is 520 g/mol. The SMILES string of the molecule is CCCCCC[C@H]1C(=O)O[C@H](C)[C@H](NC(=O)c2cccc(NC(C)=O)c2O)C(=O)O[C@@H](C)[C@@H]1OC(=O)[C@@H](C)CC. The molecule has 6 atom stereocenters. The van der Waals surface area contributed by atoms with Crippen molar-refractivity contribution in [3.05, 3.63) is 23.8 Å². The summed E-state index contributed by atoms with van der Waals surface area (Å²) in [6.45, 7) is 9.86. The van der Waals surface area contributed by atoms with Crippen LogP contribution in [-0.4, -0.2) is 59.2 Å². The largest absolute Gasteiger partial charge is 0.505 e. The van der Waals surface area contributed by atoms with Gasteiger partial charge in [0.15, 0.2) is 17.9 Å². The molecular formula is C29H42N2O9. The van der Waals surface area contributed by atoms with Gasteiger partial charge in [-0.15, -0.1) is 0 Å². The molecule has 0 saturated carbocycles. The van der Waals surface area contributed by atoms with Crippen LogP contribution in [-0.2, 0) is 33.4 Å². The van der Waals surface area contributed by atoms with E-state index in [9.17, 15) is 29.1 Å². The number of benzene rings is 1. The van der Waals surface area contributed by atoms with Crippen molar-refractivity contribution in [1.29, 1.82) is 0 Å². The van der Waals surface area contributed by atoms with Crippen molar-refractivity contribution < 1.29 is 43.3 Å². The molecule has 0 bridgehead atoms. The highest BCUT2D eigenvalue weighted by Gasteiger charge is 2.44. The van der Waals surface area contributed by atoms with Gasteiger partial charge in [0.05, 0.1) is 23.1 Å². The van der Waals surface area contributed by atoms with Crippen LogP contribution in [0.15, 0.2) is 18.2 Å². The van der Waals surface area contributed by atoms with Crippen molar-refractivity contribution >= 4 is 35.4 Å². The average molecular weight is 563 g/mol. The number of rotatable bonds is 11. The Bertz CT molecular complexity index is 1070. The van der Waals surface area contributed by atoms with Crippen LogP contribution in [0.25, 0.3) is 0 Å². The summed E-state index contributed by atoms with van der Waals surface area (Å²) < 4.78 is 17.0. The van der Waals surface area contributed by atoms with Crippen LogP contribution in [0, 0.1) is 11.8 Å². The topological polar surface area (TPSA) is 157 Å². The molecule has 222 valence electrons. The van der Waals surface area contributed by atoms with Gasteiger partial charge in [0.2, 0.25) is 5.91 Å². The number of carbonyl (C=O) groups excluding carboxylic acids is 5. The number of amides is 2. The minimum atomic E-state index is -1.42. The van der Waals surface area contributed by atoms with Crippen LogP contribution < -0.4 is 10.6 Å². The van der Waals surface area contributed by atoms with Crippen molar-refractivity contribution in [2.75, 3.05) is 5.32 Å². The zero-order valence-corrected chi connectivity index (χ0v) is 24.2. The summed E-state index contributed by atoms with van der Waals surface area (Å²) >= 11 is 0. The number of cyclic esters (lactones) is 2. The third-order valence-corrected chi connectivity index (χ3v) is 7.00. The summed E-state index contributed by atoms with van der Waals surface area (Å²) in [6, 6.07) is 2.75. The van der Waals surface area contributed by atoms with Gasteiger partial charge in [-0.25, -0.2) is 4.79 Å². The number of ether oxygens (including phenoxy) is 3. The van der Waals surface area contributed by atoms with Crippen molar-refractivity contribution in [3.63, 3.8) is 0 Å². The van der Waals surface area contributed by atoms with E-state index in [0.717, 1.165) is 19.3 Å². The lowest BCUT2D eigenvalue weighted by Gasteiger charge is -2.30. The molecule has 40 heavy (non-hydrogen) atoms. The Labute approximate surface area is 235 Å². The molecule has 1 aromatic carbocycles. The van der Waals surface area contributed by atoms with Gasteiger partial charge >= 0.3 is 17.9 Å². The molecule has 2 amide bonds. The number of esters is 3. The van der Waals surface area contributed by atoms with E-state index in [4.69, 9.17) is 14.2 Å². The molecule has 0 radical (unpaired) electrons. The van der Waals surface area contributed by atoms with Crippen LogP contribution in [0.3, 0.4) is 0 Å². The summed E-state index contributed by atoms with van der Waals surface area (Å²) in [5.74, 6) is -5.14. The molecule has 1 saturated heterocycles. The molecule has 1 aliphatic heterocycles. The van der Waals surface area contributed by atoms with Gasteiger partial charge in [-0.2, -0.15) is 0 Å². The van der Waals surface area contributed by atoms with Gasteiger partial charge in [0.25, 0.3) is 5.91 Å². The fraction of sp³-hybridized carbons (Fsp3) is 0.621. The van der Waals surface area contributed by atoms with Crippen LogP contribution >= 0.6 is 0 Å². The standard InChI is InChI=1S/C29H42N2O9/c1-7-9-10-11-13-21-25(40-27(35)16(3)8-2)18(5)39-29(37)23(17(4)38-28(21)36)31-26(34)20-14-12-15-22(24(20)33)30-19(6)32/h12,14-18,21,23,25,33H,7-11,13H2,1-6H3,(H,30,32)(H,31,34)/t16-,17+,18-,21+,23-,25-/m0/s1. The lowest BCUT2D eigenvalue weighted by atomic mass is 9.91. The second kappa shape index (κ2) is 15.2. The fourth-order valence-electron chi connectivity index (χ4n) is 4.40. The fourth-order valence-corrected chi connectivity index (χ4v) is 4.40. The predicted octanol–water partition coefficient (Wildman–Crippen LogP) is 3.87. The van der Waals surface area contributed by atoms with Crippen LogP contribution in [0.5, 0.6) is 5.75 Å². The predicted molar refractivity (Wildman–Crippen MR) is 146 cm³/mol. The summed E-state index contributed by atoms with van der Waals surface area (Å²) in [7, 11) is 0. The highest BCUT2D eigenvalue weighted by molar-refractivity contribution is 6.02. The summed E-state index contributed by atoms with van der Waals surface area (Å²) in [4.78, 5) is 63.9. The maximum Gasteiger partial charge on any atom is 0.332 e. The first-order valence-electron chi connectivity index (χ1n) is 13.9. The zero-order chi connectivity index (χ0) is 30.0. The van der Waals surface area contributed by atoms with E-state index < -0.39 is 71.7 Å². The summed E-state index contributed by atoms with van der Waals surface area (Å²) in [5, 5.41) is 15.4. The number of anilines is 1. The number of para-hydroxylation sites is 1. The first kappa shape index (κ1) is 32.6. The molecule has 1 aromatic rings. The van der Waals surface area contributed by atoms with Gasteiger partial charge in [-0.05, 0) is 38.8 Å². The van der Waals surface area contributed by atoms with Crippen molar-refractivity contribution in [2.45, 2.75) is 104 Å². The molecule has 0 aromatic heterocycles. The van der Waals surface area contributed by atoms with Gasteiger partial charge in [0, 0.05) is 6.92 Å². The Kier molecular flexibility index (Phi) is 12.4. The number of aromatic hydroxyl groups is 1. The number of nitrogens with one attached hydrogen (secondary N) is 2. The Morgan fingerprint density at radius 2 is 1.70 bits per heavy atom. The third-order valence-electron chi connectivity index (χ3n) is 7.00. The molecule has 3 N–H and O–H groups in total. The molecule has 1 heterocycles. The quantitative estimate of drug-likeness (QED) is 0.158. The highest BCUT2D eigenvalue weighted by Crippen LogP contribution is 2.29. The molecule has 1 aliphatic rings. The van der Waals surface area contributed by atoms with Crippen molar-refractivity contribution in [3.8, 4) is 5.75 Å². The van der Waals surface area contributed by atoms with Gasteiger partial charge in [-0.1, -0.05) is 52.5 Å². The van der Waals surface area contributed by atoms with E-state index in [0.29, 0.717) is 19.3 Å². The lowest BCUT2D eigenvalue weighted by molar-refractivity contribution is -0.177. The second-order valence-electron chi connectivity index (χ2n) is 10.3. The van der Waals surface area contributed by atoms with Crippen LogP contribution in [0.1, 0.15) is 90.4 Å². The van der Waals surface area contributed by atoms with E-state index in [1.165, 1.54) is 39.0 Å². The van der Waals surface area contributed by atoms with Crippen LogP contribution in [0.4, 0.5) is 5.69 Å². The number of carbonyl (C=O) groups is 5. The minimum absolute atomic E-state index is 0.0159. The number of hydrogen-bond donors (Lipinski definition) is 3. The van der Waals surface area contributed by atoms with Gasteiger partial charge < -0.3 is 30.0 Å². The van der Waals surface area contributed by atoms with E-state index in [1.807, 2.05) is 6.92 Å². The second-order valence-corrected chi connectivity index (χ2v) is 10.3. The Morgan fingerprint density at radius 3 is 2.33 bits per heavy atom. The van der Waals surface area contributed by atoms with Crippen molar-refractivity contribution in [2.24, 2.45) is 11.8 Å². The first-order chi connectivity index (χ1) is 18.9. The number of phenols is 1. The normalized spacial score (nSPS) is 23.9. The Hall–Kier alpha value is -3.63. The smallest absolute Gasteiger partial charge is 0.332 e. The number of hydrogen-bond acceptors (Lipinski definition) is 9. The van der Waals surface area contributed by atoms with Crippen LogP contribution in [0.2, 0.25) is 0 Å². The lowest BCUT2D eigenvalue weighted by Crippen LogP contribution is -2.50. The van der Waals surface area contributed by atoms with E-state index in [-0.39, 0.29) is 11.3 Å². The molecule has 1 fully saturated rings. The van der Waals surface area contributed by atoms with Gasteiger partial charge in [-0.3, -0.25) is 19.2 Å². The third kappa shape index (κ3) is 8.69. The van der Waals surface area contributed by atoms with E-state index in [2.05, 4.69) is 17.6 Å². The average Bonchev–Trinajstić information content (AvgIpc) is 2.92. The molecule has 11 heteroatoms. The monoisotopic (exact) mass is 562 g/mol. The summed E-state index contributed by atoms with van der Waals surface area (Å²) in [6.07, 6.45) is 1.21. The highest BCUT2D eigenvalue weighted by atomic mass is 16.6. The van der Waals surface area contributed by atoms with E-state index in [1.54, 1.807) is 6.92 Å². The maximum atomic E-state index is 13.4. The van der Waals surface area contributed by atoms with Crippen molar-refractivity contribution in [1.82, 2.24) is 5.32 Å². The Balaban J connectivity index is 2.35. The zero-order valence-electron chi connectivity index (χ0n) is 24.2. The maximum absolute atomic E-state index is 13.4. The molecule has 0 aliphatic carbocycles. The number of phenolic OH excluding ortho intramolecular Hbond substituents is 1. The molecule has 0 spiro atoms. The van der Waals surface area contributed by atoms with E-state index >= 15 is 0 Å².